The Morgan fingerprint density at radius 1 is 1.50 bits per heavy atom. The summed E-state index contributed by atoms with van der Waals surface area (Å²) < 4.78 is 0. The van der Waals surface area contributed by atoms with E-state index in [2.05, 4.69) is 46.4 Å². The molecule has 0 amide bonds. The van der Waals surface area contributed by atoms with Crippen LogP contribution in [-0.4, -0.2) is 5.78 Å². The van der Waals surface area contributed by atoms with E-state index < -0.39 is 0 Å². The van der Waals surface area contributed by atoms with E-state index in [0.717, 1.165) is 12.8 Å². The normalized spacial score (nSPS) is 38.0. The van der Waals surface area contributed by atoms with Gasteiger partial charge in [-0.2, -0.15) is 0 Å². The molecule has 1 heteroatoms. The molecule has 0 aromatic heterocycles. The summed E-state index contributed by atoms with van der Waals surface area (Å²) in [6.07, 6.45) is 9.96. The number of carbonyl (C=O) groups is 1. The number of carbonyl (C=O) groups excluding carboxylic acids is 1. The Hall–Kier alpha value is -1.11. The molecule has 2 aliphatic carbocycles. The first kappa shape index (κ1) is 13.3. The van der Waals surface area contributed by atoms with E-state index in [4.69, 9.17) is 0 Å². The fraction of sp³-hybridized carbons (Fsp3) is 0.588. The van der Waals surface area contributed by atoms with Crippen LogP contribution in [0.4, 0.5) is 0 Å². The topological polar surface area (TPSA) is 17.1 Å². The fourth-order valence-corrected chi connectivity index (χ4v) is 3.97. The van der Waals surface area contributed by atoms with Gasteiger partial charge in [0.25, 0.3) is 0 Å². The molecule has 0 spiro atoms. The van der Waals surface area contributed by atoms with Crippen LogP contribution in [0.1, 0.15) is 40.5 Å². The molecule has 2 aliphatic rings. The van der Waals surface area contributed by atoms with Crippen molar-refractivity contribution < 1.29 is 4.79 Å². The number of hydrogen-bond acceptors (Lipinski definition) is 1. The molecule has 0 heterocycles. The minimum absolute atomic E-state index is 0.0857. The molecule has 2 rings (SSSR count). The highest BCUT2D eigenvalue weighted by molar-refractivity contribution is 5.97. The molecule has 0 bridgehead atoms. The first-order valence-corrected chi connectivity index (χ1v) is 6.87. The third-order valence-corrected chi connectivity index (χ3v) is 5.26. The number of ketones is 1. The van der Waals surface area contributed by atoms with Crippen LogP contribution in [0.3, 0.4) is 0 Å². The molecule has 0 radical (unpaired) electrons. The molecule has 98 valence electrons. The second kappa shape index (κ2) is 4.22. The highest BCUT2D eigenvalue weighted by Crippen LogP contribution is 2.57. The number of allylic oxidation sites excluding steroid dienone is 5. The molecule has 18 heavy (non-hydrogen) atoms. The number of hydrogen-bond donors (Lipinski definition) is 0. The zero-order valence-electron chi connectivity index (χ0n) is 12.0. The summed E-state index contributed by atoms with van der Waals surface area (Å²) in [5.74, 6) is 0.997. The van der Waals surface area contributed by atoms with E-state index in [1.165, 1.54) is 5.57 Å². The lowest BCUT2D eigenvalue weighted by Gasteiger charge is -2.53. The quantitative estimate of drug-likeness (QED) is 0.661. The molecule has 1 nitrogen and oxygen atoms in total. The fourth-order valence-electron chi connectivity index (χ4n) is 3.97. The van der Waals surface area contributed by atoms with E-state index in [9.17, 15) is 4.79 Å². The van der Waals surface area contributed by atoms with Gasteiger partial charge in [-0.05, 0) is 43.1 Å². The van der Waals surface area contributed by atoms with Crippen molar-refractivity contribution in [3.8, 4) is 0 Å². The van der Waals surface area contributed by atoms with E-state index in [-0.39, 0.29) is 10.8 Å². The maximum absolute atomic E-state index is 12.6. The molecule has 0 saturated heterocycles. The molecule has 0 aromatic carbocycles. The average Bonchev–Trinajstić information content (AvgIpc) is 2.31. The van der Waals surface area contributed by atoms with Crippen molar-refractivity contribution in [2.45, 2.75) is 40.5 Å². The summed E-state index contributed by atoms with van der Waals surface area (Å²) in [5.41, 5.74) is 1.17. The molecule has 0 unspecified atom stereocenters. The lowest BCUT2D eigenvalue weighted by Crippen LogP contribution is -2.52. The summed E-state index contributed by atoms with van der Waals surface area (Å²) in [5, 5.41) is 0. The van der Waals surface area contributed by atoms with Crippen molar-refractivity contribution in [2.24, 2.45) is 22.7 Å². The van der Waals surface area contributed by atoms with Gasteiger partial charge in [0.05, 0.1) is 0 Å². The largest absolute Gasteiger partial charge is 0.294 e. The van der Waals surface area contributed by atoms with Crippen LogP contribution < -0.4 is 0 Å². The van der Waals surface area contributed by atoms with Gasteiger partial charge >= 0.3 is 0 Å². The molecule has 0 N–H and O–H groups in total. The molecule has 3 atom stereocenters. The minimum atomic E-state index is -0.265. The highest BCUT2D eigenvalue weighted by Gasteiger charge is 2.55. The van der Waals surface area contributed by atoms with Gasteiger partial charge < -0.3 is 0 Å². The van der Waals surface area contributed by atoms with Crippen LogP contribution >= 0.6 is 0 Å². The van der Waals surface area contributed by atoms with Gasteiger partial charge in [0, 0.05) is 5.41 Å². The van der Waals surface area contributed by atoms with E-state index in [1.807, 2.05) is 12.2 Å². The summed E-state index contributed by atoms with van der Waals surface area (Å²) in [7, 11) is 0. The Morgan fingerprint density at radius 2 is 2.17 bits per heavy atom. The third kappa shape index (κ3) is 1.64. The van der Waals surface area contributed by atoms with Gasteiger partial charge in [0.1, 0.15) is 0 Å². The zero-order valence-corrected chi connectivity index (χ0v) is 12.0. The first-order chi connectivity index (χ1) is 8.36. The lowest BCUT2D eigenvalue weighted by atomic mass is 9.49. The summed E-state index contributed by atoms with van der Waals surface area (Å²) in [6, 6.07) is 0. The predicted octanol–water partition coefficient (Wildman–Crippen LogP) is 4.32. The Kier molecular flexibility index (Phi) is 3.12. The van der Waals surface area contributed by atoms with E-state index in [0.29, 0.717) is 17.6 Å². The minimum Gasteiger partial charge on any atom is -0.294 e. The molecule has 0 saturated carbocycles. The maximum atomic E-state index is 12.6. The van der Waals surface area contributed by atoms with Crippen molar-refractivity contribution >= 4 is 5.78 Å². The van der Waals surface area contributed by atoms with Crippen molar-refractivity contribution in [1.82, 2.24) is 0 Å². The Labute approximate surface area is 111 Å². The third-order valence-electron chi connectivity index (χ3n) is 5.26. The van der Waals surface area contributed by atoms with Gasteiger partial charge in [0.2, 0.25) is 0 Å². The Morgan fingerprint density at radius 3 is 2.78 bits per heavy atom. The molecule has 0 aliphatic heterocycles. The molecular formula is C17H24O. The van der Waals surface area contributed by atoms with Crippen molar-refractivity contribution in [1.29, 1.82) is 0 Å². The van der Waals surface area contributed by atoms with Gasteiger partial charge in [-0.3, -0.25) is 4.79 Å². The summed E-state index contributed by atoms with van der Waals surface area (Å²) in [4.78, 5) is 12.6. The van der Waals surface area contributed by atoms with Crippen molar-refractivity contribution in [3.63, 3.8) is 0 Å². The van der Waals surface area contributed by atoms with Crippen molar-refractivity contribution in [2.75, 3.05) is 0 Å². The molecular weight excluding hydrogens is 220 g/mol. The zero-order chi connectivity index (χ0) is 13.6. The van der Waals surface area contributed by atoms with Crippen LogP contribution in [-0.2, 0) is 4.79 Å². The second-order valence-corrected chi connectivity index (χ2v) is 6.51. The van der Waals surface area contributed by atoms with Gasteiger partial charge in [-0.25, -0.2) is 0 Å². The SMILES string of the molecule is C=CC[C@]12C(=O)C=CC(C)(C)[C@H]1CC=C(C)[C@H]2C. The predicted molar refractivity (Wildman–Crippen MR) is 76.2 cm³/mol. The Balaban J connectivity index is 2.61. The van der Waals surface area contributed by atoms with Crippen LogP contribution in [0.2, 0.25) is 0 Å². The standard InChI is InChI=1S/C17H24O/c1-6-10-17-13(3)12(2)7-8-14(17)16(4,5)11-9-15(17)18/h6-7,9,11,13-14H,1,8,10H2,2-5H3/t13-,14-,17-/m1/s1. The maximum Gasteiger partial charge on any atom is 0.162 e. The second-order valence-electron chi connectivity index (χ2n) is 6.51. The van der Waals surface area contributed by atoms with Crippen LogP contribution in [0.5, 0.6) is 0 Å². The van der Waals surface area contributed by atoms with Crippen LogP contribution in [0, 0.1) is 22.7 Å². The average molecular weight is 244 g/mol. The molecule has 0 fully saturated rings. The Bertz CT molecular complexity index is 439. The summed E-state index contributed by atoms with van der Waals surface area (Å²) >= 11 is 0. The van der Waals surface area contributed by atoms with Gasteiger partial charge in [-0.1, -0.05) is 44.6 Å². The summed E-state index contributed by atoms with van der Waals surface area (Å²) in [6.45, 7) is 12.7. The number of fused-ring (bicyclic) bond motifs is 1. The van der Waals surface area contributed by atoms with Crippen molar-refractivity contribution in [3.05, 3.63) is 36.5 Å². The lowest BCUT2D eigenvalue weighted by molar-refractivity contribution is -0.135. The van der Waals surface area contributed by atoms with E-state index in [1.54, 1.807) is 0 Å². The van der Waals surface area contributed by atoms with Gasteiger partial charge in [-0.15, -0.1) is 6.58 Å². The smallest absolute Gasteiger partial charge is 0.162 e. The number of rotatable bonds is 2. The molecule has 0 aromatic rings. The first-order valence-electron chi connectivity index (χ1n) is 6.87. The van der Waals surface area contributed by atoms with E-state index >= 15 is 0 Å². The van der Waals surface area contributed by atoms with Crippen LogP contribution in [0.15, 0.2) is 36.5 Å². The highest BCUT2D eigenvalue weighted by atomic mass is 16.1. The monoisotopic (exact) mass is 244 g/mol. The van der Waals surface area contributed by atoms with Gasteiger partial charge in [0.15, 0.2) is 5.78 Å². The van der Waals surface area contributed by atoms with Crippen LogP contribution in [0.25, 0.3) is 0 Å².